The molecule has 3 heterocycles. The third-order valence-corrected chi connectivity index (χ3v) is 7.19. The molecule has 2 saturated heterocycles. The lowest BCUT2D eigenvalue weighted by molar-refractivity contribution is 0.187. The normalized spacial score (nSPS) is 20.4. The molecule has 0 saturated carbocycles. The van der Waals surface area contributed by atoms with Gasteiger partial charge in [0.25, 0.3) is 0 Å². The van der Waals surface area contributed by atoms with Crippen LogP contribution in [0, 0.1) is 5.92 Å². The first-order chi connectivity index (χ1) is 13.8. The highest BCUT2D eigenvalue weighted by molar-refractivity contribution is 14.0. The molecule has 0 aliphatic carbocycles. The molecule has 2 N–H and O–H groups in total. The van der Waals surface area contributed by atoms with Gasteiger partial charge in [0, 0.05) is 18.0 Å². The Morgan fingerprint density at radius 1 is 1.17 bits per heavy atom. The third-order valence-electron chi connectivity index (χ3n) is 6.22. The van der Waals surface area contributed by atoms with Crippen LogP contribution in [0.25, 0.3) is 0 Å². The summed E-state index contributed by atoms with van der Waals surface area (Å²) in [6.07, 6.45) is 6.58. The molecular weight excluding hydrogens is 493 g/mol. The second kappa shape index (κ2) is 13.8. The molecule has 1 aromatic rings. The SMILES string of the molecule is CCNC(=NCC(c1cccs1)N1CCCC1)NCCC1CCN(CC)CC1.I. The Balaban J connectivity index is 0.00000300. The fourth-order valence-corrected chi connectivity index (χ4v) is 5.28. The molecule has 166 valence electrons. The number of halogens is 1. The van der Waals surface area contributed by atoms with Crippen LogP contribution in [-0.4, -0.2) is 68.1 Å². The molecule has 3 rings (SSSR count). The first-order valence-corrected chi connectivity index (χ1v) is 12.2. The minimum Gasteiger partial charge on any atom is -0.357 e. The Morgan fingerprint density at radius 3 is 2.55 bits per heavy atom. The molecule has 1 unspecified atom stereocenters. The van der Waals surface area contributed by atoms with Crippen LogP contribution in [0.2, 0.25) is 0 Å². The van der Waals surface area contributed by atoms with Crippen molar-refractivity contribution in [3.63, 3.8) is 0 Å². The zero-order valence-electron chi connectivity index (χ0n) is 18.2. The molecule has 0 spiro atoms. The van der Waals surface area contributed by atoms with Gasteiger partial charge in [-0.3, -0.25) is 9.89 Å². The fraction of sp³-hybridized carbons (Fsp3) is 0.773. The van der Waals surface area contributed by atoms with E-state index in [9.17, 15) is 0 Å². The molecule has 0 bridgehead atoms. The van der Waals surface area contributed by atoms with E-state index in [2.05, 4.69) is 51.8 Å². The second-order valence-corrected chi connectivity index (χ2v) is 9.07. The number of thiophene rings is 1. The molecule has 0 aromatic carbocycles. The van der Waals surface area contributed by atoms with Crippen molar-refractivity contribution in [2.45, 2.75) is 52.0 Å². The molecule has 29 heavy (non-hydrogen) atoms. The Labute approximate surface area is 198 Å². The average Bonchev–Trinajstić information content (AvgIpc) is 3.43. The third kappa shape index (κ3) is 7.99. The number of nitrogens with zero attached hydrogens (tertiary/aromatic N) is 3. The fourth-order valence-electron chi connectivity index (χ4n) is 4.43. The van der Waals surface area contributed by atoms with E-state index < -0.39 is 0 Å². The van der Waals surface area contributed by atoms with E-state index in [4.69, 9.17) is 4.99 Å². The van der Waals surface area contributed by atoms with Crippen LogP contribution in [0.5, 0.6) is 0 Å². The van der Waals surface area contributed by atoms with Crippen LogP contribution >= 0.6 is 35.3 Å². The van der Waals surface area contributed by atoms with Crippen LogP contribution in [0.1, 0.15) is 56.9 Å². The number of guanidine groups is 1. The summed E-state index contributed by atoms with van der Waals surface area (Å²) in [5.74, 6) is 1.84. The minimum atomic E-state index is 0. The van der Waals surface area contributed by atoms with Gasteiger partial charge in [-0.15, -0.1) is 35.3 Å². The van der Waals surface area contributed by atoms with Gasteiger partial charge in [-0.05, 0) is 89.1 Å². The molecule has 2 aliphatic rings. The Morgan fingerprint density at radius 2 is 1.93 bits per heavy atom. The van der Waals surface area contributed by atoms with Gasteiger partial charge < -0.3 is 15.5 Å². The standard InChI is InChI=1S/C22H39N5S.HI/c1-3-23-22(24-12-9-19-10-15-26(4-2)16-11-19)25-18-20(21-8-7-17-28-21)27-13-5-6-14-27;/h7-8,17,19-20H,3-6,9-16,18H2,1-2H3,(H2,23,24,25);1H. The lowest BCUT2D eigenvalue weighted by atomic mass is 9.93. The smallest absolute Gasteiger partial charge is 0.191 e. The lowest BCUT2D eigenvalue weighted by Gasteiger charge is -2.31. The van der Waals surface area contributed by atoms with Gasteiger partial charge in [-0.25, -0.2) is 0 Å². The van der Waals surface area contributed by atoms with Crippen LogP contribution < -0.4 is 10.6 Å². The number of rotatable bonds is 9. The van der Waals surface area contributed by atoms with E-state index in [0.29, 0.717) is 6.04 Å². The van der Waals surface area contributed by atoms with E-state index in [0.717, 1.165) is 31.5 Å². The summed E-state index contributed by atoms with van der Waals surface area (Å²) in [7, 11) is 0. The number of hydrogen-bond donors (Lipinski definition) is 2. The molecule has 5 nitrogen and oxygen atoms in total. The van der Waals surface area contributed by atoms with Crippen molar-refractivity contribution in [1.82, 2.24) is 20.4 Å². The lowest BCUT2D eigenvalue weighted by Crippen LogP contribution is -2.40. The van der Waals surface area contributed by atoms with Gasteiger partial charge >= 0.3 is 0 Å². The van der Waals surface area contributed by atoms with Crippen molar-refractivity contribution in [3.8, 4) is 0 Å². The average molecular weight is 534 g/mol. The molecule has 2 fully saturated rings. The van der Waals surface area contributed by atoms with Crippen LogP contribution in [0.4, 0.5) is 0 Å². The quantitative estimate of drug-likeness (QED) is 0.284. The first kappa shape index (κ1) is 24.9. The number of nitrogens with one attached hydrogen (secondary N) is 2. The monoisotopic (exact) mass is 533 g/mol. The van der Waals surface area contributed by atoms with Crippen molar-refractivity contribution in [1.29, 1.82) is 0 Å². The van der Waals surface area contributed by atoms with Gasteiger partial charge in [0.1, 0.15) is 0 Å². The predicted octanol–water partition coefficient (Wildman–Crippen LogP) is 4.18. The summed E-state index contributed by atoms with van der Waals surface area (Å²) in [6.45, 7) is 13.3. The summed E-state index contributed by atoms with van der Waals surface area (Å²) in [4.78, 5) is 11.6. The summed E-state index contributed by atoms with van der Waals surface area (Å²) < 4.78 is 0. The number of likely N-dealkylation sites (tertiary alicyclic amines) is 2. The summed E-state index contributed by atoms with van der Waals surface area (Å²) in [5.41, 5.74) is 0. The maximum atomic E-state index is 4.97. The molecular formula is C22H40IN5S. The molecule has 0 amide bonds. The maximum absolute atomic E-state index is 4.97. The van der Waals surface area contributed by atoms with Gasteiger partial charge in [0.15, 0.2) is 5.96 Å². The minimum absolute atomic E-state index is 0. The van der Waals surface area contributed by atoms with Crippen LogP contribution in [-0.2, 0) is 0 Å². The molecule has 2 aliphatic heterocycles. The molecule has 1 aromatic heterocycles. The number of piperidine rings is 1. The van der Waals surface area contributed by atoms with Crippen LogP contribution in [0.15, 0.2) is 22.5 Å². The topological polar surface area (TPSA) is 42.9 Å². The summed E-state index contributed by atoms with van der Waals surface area (Å²) in [5, 5.41) is 9.23. The largest absolute Gasteiger partial charge is 0.357 e. The van der Waals surface area contributed by atoms with Gasteiger partial charge in [-0.1, -0.05) is 13.0 Å². The van der Waals surface area contributed by atoms with E-state index in [1.807, 2.05) is 11.3 Å². The maximum Gasteiger partial charge on any atom is 0.191 e. The van der Waals surface area contributed by atoms with Gasteiger partial charge in [0.05, 0.1) is 12.6 Å². The van der Waals surface area contributed by atoms with Crippen molar-refractivity contribution in [2.24, 2.45) is 10.9 Å². The summed E-state index contributed by atoms with van der Waals surface area (Å²) >= 11 is 1.87. The highest BCUT2D eigenvalue weighted by atomic mass is 127. The molecule has 0 radical (unpaired) electrons. The van der Waals surface area contributed by atoms with E-state index in [1.54, 1.807) is 0 Å². The summed E-state index contributed by atoms with van der Waals surface area (Å²) in [6, 6.07) is 4.86. The van der Waals surface area contributed by atoms with Crippen molar-refractivity contribution >= 4 is 41.3 Å². The predicted molar refractivity (Wildman–Crippen MR) is 137 cm³/mol. The van der Waals surface area contributed by atoms with Crippen molar-refractivity contribution < 1.29 is 0 Å². The highest BCUT2D eigenvalue weighted by Gasteiger charge is 2.24. The Kier molecular flexibility index (Phi) is 11.9. The number of hydrogen-bond acceptors (Lipinski definition) is 4. The molecule has 7 heteroatoms. The zero-order chi connectivity index (χ0) is 19.6. The van der Waals surface area contributed by atoms with Gasteiger partial charge in [-0.2, -0.15) is 0 Å². The Bertz CT molecular complexity index is 566. The van der Waals surface area contributed by atoms with Gasteiger partial charge in [0.2, 0.25) is 0 Å². The van der Waals surface area contributed by atoms with Crippen LogP contribution in [0.3, 0.4) is 0 Å². The number of aliphatic imine (C=N–C) groups is 1. The van der Waals surface area contributed by atoms with E-state index >= 15 is 0 Å². The molecule has 1 atom stereocenters. The highest BCUT2D eigenvalue weighted by Crippen LogP contribution is 2.28. The van der Waals surface area contributed by atoms with Crippen molar-refractivity contribution in [2.75, 3.05) is 52.4 Å². The second-order valence-electron chi connectivity index (χ2n) is 8.09. The first-order valence-electron chi connectivity index (χ1n) is 11.3. The van der Waals surface area contributed by atoms with Crippen molar-refractivity contribution in [3.05, 3.63) is 22.4 Å². The van der Waals surface area contributed by atoms with E-state index in [1.165, 1.54) is 69.7 Å². The van der Waals surface area contributed by atoms with E-state index in [-0.39, 0.29) is 24.0 Å². The Hall–Kier alpha value is -0.380. The zero-order valence-corrected chi connectivity index (χ0v) is 21.4.